The zero-order valence-corrected chi connectivity index (χ0v) is 10.5. The summed E-state index contributed by atoms with van der Waals surface area (Å²) in [4.78, 5) is 11.0. The summed E-state index contributed by atoms with van der Waals surface area (Å²) in [7, 11) is 0.301. The molecule has 0 spiro atoms. The highest BCUT2D eigenvalue weighted by Gasteiger charge is 2.00. The summed E-state index contributed by atoms with van der Waals surface area (Å²) in [6, 6.07) is 0. The van der Waals surface area contributed by atoms with Crippen molar-refractivity contribution in [2.45, 2.75) is 64.8 Å². The highest BCUT2D eigenvalue weighted by atomic mass is 28.2. The molecular weight excluding hydrogens is 192 g/mol. The number of carbonyl (C=O) groups excluding carboxylic acids is 1. The largest absolute Gasteiger partial charge is 0.517 e. The van der Waals surface area contributed by atoms with Crippen molar-refractivity contribution in [2.24, 2.45) is 0 Å². The summed E-state index contributed by atoms with van der Waals surface area (Å²) < 4.78 is 4.88. The van der Waals surface area contributed by atoms with Gasteiger partial charge in [-0.15, -0.1) is 0 Å². The lowest BCUT2D eigenvalue weighted by atomic mass is 10.1. The highest BCUT2D eigenvalue weighted by Crippen LogP contribution is 2.08. The predicted octanol–water partition coefficient (Wildman–Crippen LogP) is 3.34. The molecule has 0 saturated carbocycles. The van der Waals surface area contributed by atoms with Gasteiger partial charge in [0.25, 0.3) is 5.97 Å². The lowest BCUT2D eigenvalue weighted by molar-refractivity contribution is -0.134. The van der Waals surface area contributed by atoms with E-state index in [1.165, 1.54) is 38.5 Å². The third kappa shape index (κ3) is 9.77. The third-order valence-corrected chi connectivity index (χ3v) is 2.63. The van der Waals surface area contributed by atoms with E-state index >= 15 is 0 Å². The molecule has 0 bridgehead atoms. The number of unbranched alkanes of at least 4 members (excludes halogenated alkanes) is 6. The van der Waals surface area contributed by atoms with Gasteiger partial charge in [0, 0.05) is 6.42 Å². The average molecular weight is 214 g/mol. The van der Waals surface area contributed by atoms with Crippen LogP contribution in [-0.4, -0.2) is 15.7 Å². The Balaban J connectivity index is 3.01. The van der Waals surface area contributed by atoms with E-state index in [0.29, 0.717) is 16.2 Å². The lowest BCUT2D eigenvalue weighted by Crippen LogP contribution is -2.05. The minimum atomic E-state index is -0.0283. The maximum Gasteiger partial charge on any atom is 0.311 e. The fourth-order valence-corrected chi connectivity index (χ4v) is 1.72. The Bertz CT molecular complexity index is 137. The summed E-state index contributed by atoms with van der Waals surface area (Å²) in [5.74, 6) is -0.0283. The van der Waals surface area contributed by atoms with E-state index in [1.54, 1.807) is 0 Å². The Kier molecular flexibility index (Phi) is 10.5. The molecule has 0 aromatic heterocycles. The molecule has 3 heteroatoms. The van der Waals surface area contributed by atoms with Crippen LogP contribution < -0.4 is 0 Å². The molecular formula is C11H22O2Si. The van der Waals surface area contributed by atoms with Crippen molar-refractivity contribution in [3.8, 4) is 0 Å². The van der Waals surface area contributed by atoms with Gasteiger partial charge in [-0.3, -0.25) is 4.79 Å². The maximum atomic E-state index is 11.0. The zero-order chi connectivity index (χ0) is 10.6. The van der Waals surface area contributed by atoms with Crippen LogP contribution in [0.4, 0.5) is 0 Å². The van der Waals surface area contributed by atoms with Gasteiger partial charge in [0.05, 0.1) is 0 Å². The molecule has 0 fully saturated rings. The topological polar surface area (TPSA) is 26.3 Å². The lowest BCUT2D eigenvalue weighted by Gasteiger charge is -2.01. The van der Waals surface area contributed by atoms with Gasteiger partial charge >= 0.3 is 9.76 Å². The molecule has 0 aliphatic rings. The fraction of sp³-hybridized carbons (Fsp3) is 0.909. The summed E-state index contributed by atoms with van der Waals surface area (Å²) in [6.07, 6.45) is 9.34. The van der Waals surface area contributed by atoms with Gasteiger partial charge in [0.2, 0.25) is 0 Å². The van der Waals surface area contributed by atoms with E-state index in [4.69, 9.17) is 4.43 Å². The van der Waals surface area contributed by atoms with Crippen LogP contribution in [0.3, 0.4) is 0 Å². The minimum absolute atomic E-state index is 0.0283. The molecule has 0 atom stereocenters. The molecule has 0 aromatic rings. The molecule has 82 valence electrons. The van der Waals surface area contributed by atoms with Gasteiger partial charge in [-0.2, -0.15) is 0 Å². The Morgan fingerprint density at radius 1 is 1.07 bits per heavy atom. The second kappa shape index (κ2) is 10.8. The van der Waals surface area contributed by atoms with Crippen molar-refractivity contribution in [3.63, 3.8) is 0 Å². The van der Waals surface area contributed by atoms with Crippen molar-refractivity contribution in [2.75, 3.05) is 0 Å². The van der Waals surface area contributed by atoms with Crippen LogP contribution in [0, 0.1) is 0 Å². The second-order valence-electron chi connectivity index (χ2n) is 3.55. The van der Waals surface area contributed by atoms with E-state index in [9.17, 15) is 4.79 Å². The normalized spacial score (nSPS) is 10.1. The van der Waals surface area contributed by atoms with Crippen molar-refractivity contribution in [3.05, 3.63) is 0 Å². The van der Waals surface area contributed by atoms with E-state index in [2.05, 4.69) is 6.92 Å². The summed E-state index contributed by atoms with van der Waals surface area (Å²) in [6.45, 7) is 4.10. The first-order chi connectivity index (χ1) is 6.81. The number of rotatable bonds is 9. The monoisotopic (exact) mass is 214 g/mol. The van der Waals surface area contributed by atoms with Gasteiger partial charge in [0.15, 0.2) is 0 Å². The zero-order valence-electron chi connectivity index (χ0n) is 9.47. The van der Waals surface area contributed by atoms with Gasteiger partial charge in [0.1, 0.15) is 0 Å². The molecule has 0 N–H and O–H groups in total. The molecule has 2 nitrogen and oxygen atoms in total. The van der Waals surface area contributed by atoms with Gasteiger partial charge < -0.3 is 4.43 Å². The van der Waals surface area contributed by atoms with E-state index in [1.807, 2.05) is 6.55 Å². The quantitative estimate of drug-likeness (QED) is 0.434. The van der Waals surface area contributed by atoms with Crippen molar-refractivity contribution < 1.29 is 9.22 Å². The van der Waals surface area contributed by atoms with Crippen molar-refractivity contribution >= 4 is 15.7 Å². The Hall–Kier alpha value is -0.313. The van der Waals surface area contributed by atoms with Crippen LogP contribution in [-0.2, 0) is 9.22 Å². The van der Waals surface area contributed by atoms with Gasteiger partial charge in [-0.1, -0.05) is 45.4 Å². The molecule has 0 unspecified atom stereocenters. The fourth-order valence-electron chi connectivity index (χ4n) is 1.39. The molecule has 0 aromatic carbocycles. The van der Waals surface area contributed by atoms with E-state index in [-0.39, 0.29) is 5.97 Å². The Labute approximate surface area is 90.4 Å². The highest BCUT2D eigenvalue weighted by molar-refractivity contribution is 6.28. The summed E-state index contributed by atoms with van der Waals surface area (Å²) >= 11 is 0. The number of carbonyl (C=O) groups is 1. The third-order valence-electron chi connectivity index (χ3n) is 2.20. The van der Waals surface area contributed by atoms with E-state index in [0.717, 1.165) is 6.42 Å². The number of hydrogen-bond acceptors (Lipinski definition) is 2. The predicted molar refractivity (Wildman–Crippen MR) is 60.3 cm³/mol. The molecule has 0 aliphatic carbocycles. The average Bonchev–Trinajstić information content (AvgIpc) is 2.17. The maximum absolute atomic E-state index is 11.0. The molecule has 14 heavy (non-hydrogen) atoms. The molecule has 0 heterocycles. The minimum Gasteiger partial charge on any atom is -0.517 e. The first-order valence-electron chi connectivity index (χ1n) is 5.67. The Morgan fingerprint density at radius 3 is 2.21 bits per heavy atom. The molecule has 0 rings (SSSR count). The van der Waals surface area contributed by atoms with Gasteiger partial charge in [-0.05, 0) is 13.0 Å². The van der Waals surface area contributed by atoms with Crippen LogP contribution >= 0.6 is 0 Å². The SMILES string of the molecule is CCCCCCCCCC(=O)O[Si]C. The molecule has 0 saturated heterocycles. The standard InChI is InChI=1S/C11H22O2Si/c1-3-4-5-6-7-8-9-10-11(12)13-14-2/h3-10H2,1-2H3. The van der Waals surface area contributed by atoms with Crippen LogP contribution in [0.25, 0.3) is 0 Å². The second-order valence-corrected chi connectivity index (χ2v) is 4.16. The van der Waals surface area contributed by atoms with Crippen molar-refractivity contribution in [1.82, 2.24) is 0 Å². The van der Waals surface area contributed by atoms with Crippen molar-refractivity contribution in [1.29, 1.82) is 0 Å². The Morgan fingerprint density at radius 2 is 1.64 bits per heavy atom. The van der Waals surface area contributed by atoms with Crippen LogP contribution in [0.1, 0.15) is 58.3 Å². The molecule has 0 aliphatic heterocycles. The summed E-state index contributed by atoms with van der Waals surface area (Å²) in [5, 5.41) is 0. The first-order valence-corrected chi connectivity index (χ1v) is 7.08. The van der Waals surface area contributed by atoms with Gasteiger partial charge in [-0.25, -0.2) is 0 Å². The molecule has 0 amide bonds. The summed E-state index contributed by atoms with van der Waals surface area (Å²) in [5.41, 5.74) is 0. The van der Waals surface area contributed by atoms with E-state index < -0.39 is 0 Å². The smallest absolute Gasteiger partial charge is 0.311 e. The van der Waals surface area contributed by atoms with Crippen LogP contribution in [0.5, 0.6) is 0 Å². The first kappa shape index (κ1) is 13.7. The number of hydrogen-bond donors (Lipinski definition) is 0. The van der Waals surface area contributed by atoms with Crippen LogP contribution in [0.2, 0.25) is 6.55 Å². The van der Waals surface area contributed by atoms with Crippen LogP contribution in [0.15, 0.2) is 0 Å². The molecule has 2 radical (unpaired) electrons.